The Bertz CT molecular complexity index is 909. The summed E-state index contributed by atoms with van der Waals surface area (Å²) in [5.41, 5.74) is 5.61. The van der Waals surface area contributed by atoms with E-state index in [1.807, 2.05) is 42.5 Å². The second kappa shape index (κ2) is 5.78. The molecule has 104 valence electrons. The van der Waals surface area contributed by atoms with Gasteiger partial charge in [-0.1, -0.05) is 36.4 Å². The summed E-state index contributed by atoms with van der Waals surface area (Å²) in [6, 6.07) is 18.7. The van der Waals surface area contributed by atoms with Crippen LogP contribution in [0.25, 0.3) is 22.4 Å². The van der Waals surface area contributed by atoms with Gasteiger partial charge in [0.25, 0.3) is 0 Å². The summed E-state index contributed by atoms with van der Waals surface area (Å²) >= 11 is 0. The first-order chi connectivity index (χ1) is 10.8. The van der Waals surface area contributed by atoms with Crippen molar-refractivity contribution in [3.05, 3.63) is 48.5 Å². The van der Waals surface area contributed by atoms with E-state index >= 15 is 0 Å². The van der Waals surface area contributed by atoms with Crippen molar-refractivity contribution in [3.8, 4) is 23.5 Å². The molecule has 0 amide bonds. The van der Waals surface area contributed by atoms with E-state index < -0.39 is 0 Å². The largest absolute Gasteiger partial charge is 0.338 e. The van der Waals surface area contributed by atoms with Crippen LogP contribution >= 0.6 is 0 Å². The highest BCUT2D eigenvalue weighted by molar-refractivity contribution is 6.10. The molecule has 0 fully saturated rings. The molecule has 6 nitrogen and oxygen atoms in total. The lowest BCUT2D eigenvalue weighted by Crippen LogP contribution is -1.96. The van der Waals surface area contributed by atoms with Gasteiger partial charge < -0.3 is 4.98 Å². The molecule has 2 aromatic carbocycles. The number of para-hydroxylation sites is 1. The second-order valence-electron chi connectivity index (χ2n) is 4.45. The number of imidazole rings is 1. The third-order valence-corrected chi connectivity index (χ3v) is 3.06. The molecule has 6 heteroatoms. The highest BCUT2D eigenvalue weighted by atomic mass is 15.3. The Kier molecular flexibility index (Phi) is 3.51. The van der Waals surface area contributed by atoms with Gasteiger partial charge in [-0.3, -0.25) is 5.43 Å². The lowest BCUT2D eigenvalue weighted by Gasteiger charge is -1.99. The molecule has 22 heavy (non-hydrogen) atoms. The van der Waals surface area contributed by atoms with Crippen LogP contribution in [-0.2, 0) is 0 Å². The van der Waals surface area contributed by atoms with Crippen LogP contribution in [0.2, 0.25) is 0 Å². The molecule has 3 rings (SSSR count). The summed E-state index contributed by atoms with van der Waals surface area (Å²) in [4.78, 5) is 7.80. The van der Waals surface area contributed by atoms with Crippen LogP contribution in [0.1, 0.15) is 0 Å². The van der Waals surface area contributed by atoms with Gasteiger partial charge in [-0.15, -0.1) is 0 Å². The van der Waals surface area contributed by atoms with Crippen molar-refractivity contribution in [2.45, 2.75) is 0 Å². The smallest absolute Gasteiger partial charge is 0.237 e. The number of hydrogen-bond donors (Lipinski definition) is 2. The first-order valence-electron chi connectivity index (χ1n) is 6.50. The van der Waals surface area contributed by atoms with E-state index in [1.165, 1.54) is 0 Å². The number of nitrogens with zero attached hydrogens (tertiary/aromatic N) is 4. The Hall–Kier alpha value is -3.64. The predicted octanol–water partition coefficient (Wildman–Crippen LogP) is 3.04. The highest BCUT2D eigenvalue weighted by Crippen LogP contribution is 2.25. The van der Waals surface area contributed by atoms with E-state index in [2.05, 4.69) is 20.5 Å². The molecule has 0 radical (unpaired) electrons. The van der Waals surface area contributed by atoms with Crippen molar-refractivity contribution in [1.29, 1.82) is 10.5 Å². The van der Waals surface area contributed by atoms with Crippen LogP contribution < -0.4 is 5.43 Å². The maximum Gasteiger partial charge on any atom is 0.237 e. The summed E-state index contributed by atoms with van der Waals surface area (Å²) in [5.74, 6) is 0.745. The van der Waals surface area contributed by atoms with Crippen molar-refractivity contribution >= 4 is 22.4 Å². The van der Waals surface area contributed by atoms with E-state index in [4.69, 9.17) is 10.5 Å². The van der Waals surface area contributed by atoms with Gasteiger partial charge in [-0.25, -0.2) is 4.98 Å². The number of aromatic amines is 1. The normalized spacial score (nSPS) is 9.73. The quantitative estimate of drug-likeness (QED) is 0.570. The zero-order valence-corrected chi connectivity index (χ0v) is 11.4. The van der Waals surface area contributed by atoms with Gasteiger partial charge in [0.1, 0.15) is 23.5 Å². The van der Waals surface area contributed by atoms with Crippen LogP contribution in [0, 0.1) is 22.7 Å². The van der Waals surface area contributed by atoms with E-state index in [1.54, 1.807) is 18.2 Å². The molecule has 0 aliphatic heterocycles. The summed E-state index contributed by atoms with van der Waals surface area (Å²) < 4.78 is 0. The number of nitrogens with one attached hydrogen (secondary N) is 2. The lowest BCUT2D eigenvalue weighted by atomic mass is 10.2. The molecule has 0 aliphatic carbocycles. The monoisotopic (exact) mass is 286 g/mol. The van der Waals surface area contributed by atoms with Gasteiger partial charge in [0.2, 0.25) is 5.71 Å². The van der Waals surface area contributed by atoms with E-state index in [-0.39, 0.29) is 5.71 Å². The van der Waals surface area contributed by atoms with Crippen LogP contribution in [0.15, 0.2) is 53.6 Å². The number of rotatable bonds is 3. The molecule has 0 aliphatic rings. The van der Waals surface area contributed by atoms with Gasteiger partial charge in [0.15, 0.2) is 0 Å². The zero-order chi connectivity index (χ0) is 15.4. The Balaban J connectivity index is 2.03. The summed E-state index contributed by atoms with van der Waals surface area (Å²) in [7, 11) is 0. The van der Waals surface area contributed by atoms with Gasteiger partial charge in [-0.2, -0.15) is 15.6 Å². The third kappa shape index (κ3) is 2.49. The minimum atomic E-state index is -0.240. The average Bonchev–Trinajstić information content (AvgIpc) is 3.01. The van der Waals surface area contributed by atoms with E-state index in [0.29, 0.717) is 11.2 Å². The molecule has 0 atom stereocenters. The predicted molar refractivity (Wildman–Crippen MR) is 83.8 cm³/mol. The minimum absolute atomic E-state index is 0.240. The molecule has 0 spiro atoms. The van der Waals surface area contributed by atoms with Crippen LogP contribution in [-0.4, -0.2) is 15.7 Å². The molecule has 1 aromatic heterocycles. The molecule has 0 bridgehead atoms. The van der Waals surface area contributed by atoms with Gasteiger partial charge >= 0.3 is 0 Å². The zero-order valence-electron chi connectivity index (χ0n) is 11.4. The Labute approximate surface area is 126 Å². The second-order valence-corrected chi connectivity index (χ2v) is 4.45. The number of hydrogen-bond acceptors (Lipinski definition) is 5. The Morgan fingerprint density at radius 3 is 2.55 bits per heavy atom. The maximum absolute atomic E-state index is 8.71. The first-order valence-corrected chi connectivity index (χ1v) is 6.50. The van der Waals surface area contributed by atoms with Crippen molar-refractivity contribution in [1.82, 2.24) is 9.97 Å². The van der Waals surface area contributed by atoms with Crippen molar-refractivity contribution in [3.63, 3.8) is 0 Å². The number of nitriles is 2. The lowest BCUT2D eigenvalue weighted by molar-refractivity contribution is 1.32. The van der Waals surface area contributed by atoms with Crippen LogP contribution in [0.5, 0.6) is 0 Å². The topological polar surface area (TPSA) is 101 Å². The maximum atomic E-state index is 8.71. The first kappa shape index (κ1) is 13.3. The fourth-order valence-corrected chi connectivity index (χ4v) is 2.05. The fraction of sp³-hybridized carbons (Fsp3) is 0. The summed E-state index contributed by atoms with van der Waals surface area (Å²) in [6.45, 7) is 0. The molecular formula is C16H10N6. The molecule has 3 aromatic rings. The molecular weight excluding hydrogens is 276 g/mol. The van der Waals surface area contributed by atoms with Gasteiger partial charge in [0, 0.05) is 5.56 Å². The summed E-state index contributed by atoms with van der Waals surface area (Å²) in [6.07, 6.45) is 0. The van der Waals surface area contributed by atoms with Gasteiger partial charge in [-0.05, 0) is 12.1 Å². The number of aromatic nitrogens is 2. The number of H-pyrrole nitrogens is 1. The molecule has 2 N–H and O–H groups in total. The van der Waals surface area contributed by atoms with Crippen LogP contribution in [0.3, 0.4) is 0 Å². The van der Waals surface area contributed by atoms with Crippen molar-refractivity contribution in [2.75, 3.05) is 5.43 Å². The van der Waals surface area contributed by atoms with E-state index in [9.17, 15) is 0 Å². The fourth-order valence-electron chi connectivity index (χ4n) is 2.05. The van der Waals surface area contributed by atoms with Gasteiger partial charge in [0.05, 0.1) is 11.2 Å². The van der Waals surface area contributed by atoms with Crippen molar-refractivity contribution < 1.29 is 0 Å². The Morgan fingerprint density at radius 2 is 1.82 bits per heavy atom. The highest BCUT2D eigenvalue weighted by Gasteiger charge is 2.08. The standard InChI is InChI=1S/C16H10N6/c17-9-12(10-18)21-22-14-8-4-7-13-15(14)20-16(19-13)11-5-2-1-3-6-11/h1-8,22H,(H,19,20). The molecule has 1 heterocycles. The number of anilines is 1. The molecule has 0 saturated heterocycles. The minimum Gasteiger partial charge on any atom is -0.338 e. The number of hydrazone groups is 1. The summed E-state index contributed by atoms with van der Waals surface area (Å²) in [5, 5.41) is 21.2. The molecule has 0 unspecified atom stereocenters. The number of benzene rings is 2. The SMILES string of the molecule is N#CC(C#N)=NNc1cccc2[nH]c(-c3ccccc3)nc12. The average molecular weight is 286 g/mol. The van der Waals surface area contributed by atoms with E-state index in [0.717, 1.165) is 16.9 Å². The molecule has 0 saturated carbocycles. The van der Waals surface area contributed by atoms with Crippen LogP contribution in [0.4, 0.5) is 5.69 Å². The van der Waals surface area contributed by atoms with Crippen molar-refractivity contribution in [2.24, 2.45) is 5.10 Å². The Morgan fingerprint density at radius 1 is 1.05 bits per heavy atom. The number of fused-ring (bicyclic) bond motifs is 1. The third-order valence-electron chi connectivity index (χ3n) is 3.06.